The molecule has 0 rings (SSSR count). The molecule has 0 aliphatic carbocycles. The van der Waals surface area contributed by atoms with Gasteiger partial charge in [-0.25, -0.2) is 4.79 Å². The summed E-state index contributed by atoms with van der Waals surface area (Å²) in [5, 5.41) is 7.12. The molecule has 1 N–H and O–H groups in total. The highest BCUT2D eigenvalue weighted by Gasteiger charge is 2.38. The molecule has 3 nitrogen and oxygen atoms in total. The predicted octanol–water partition coefficient (Wildman–Crippen LogP) is 2.95. The average Bonchev–Trinajstić information content (AvgIpc) is 1.81. The number of rotatable bonds is 2. The fourth-order valence-electron chi connectivity index (χ4n) is 0.327. The van der Waals surface area contributed by atoms with Crippen LogP contribution in [0.1, 0.15) is 0 Å². The summed E-state index contributed by atoms with van der Waals surface area (Å²) in [7, 11) is -0.222. The van der Waals surface area contributed by atoms with Crippen molar-refractivity contribution in [1.29, 1.82) is 0 Å². The molecule has 86 valence electrons. The fraction of sp³-hybridized carbons (Fsp3) is 0.833. The van der Waals surface area contributed by atoms with Crippen molar-refractivity contribution in [3.8, 4) is 0 Å². The smallest absolute Gasteiger partial charge is 0.475 e. The number of carbonyl (C=O) groups is 1. The monoisotopic (exact) mass is 252 g/mol. The minimum atomic E-state index is -5.08. The highest BCUT2D eigenvalue weighted by atomic mass is 31.2. The summed E-state index contributed by atoms with van der Waals surface area (Å²) < 4.78 is 37.1. The molecule has 0 radical (unpaired) electrons. The Hall–Kier alpha value is 0.0800. The van der Waals surface area contributed by atoms with Crippen molar-refractivity contribution < 1.29 is 27.4 Å². The Labute approximate surface area is 83.3 Å². The molecular formula is C6H13F3O3P2. The van der Waals surface area contributed by atoms with E-state index in [0.717, 1.165) is 0 Å². The first-order valence-electron chi connectivity index (χ1n) is 3.40. The van der Waals surface area contributed by atoms with Gasteiger partial charge in [-0.2, -0.15) is 13.2 Å². The van der Waals surface area contributed by atoms with Crippen LogP contribution in [0.4, 0.5) is 13.2 Å². The van der Waals surface area contributed by atoms with Crippen molar-refractivity contribution in [2.45, 2.75) is 6.18 Å². The minimum Gasteiger partial charge on any atom is -0.475 e. The van der Waals surface area contributed by atoms with E-state index in [1.807, 2.05) is 0 Å². The lowest BCUT2D eigenvalue weighted by Gasteiger charge is -2.08. The van der Waals surface area contributed by atoms with Crippen molar-refractivity contribution in [2.24, 2.45) is 0 Å². The summed E-state index contributed by atoms with van der Waals surface area (Å²) in [6, 6.07) is 0. The summed E-state index contributed by atoms with van der Waals surface area (Å²) in [4.78, 5) is 8.90. The van der Waals surface area contributed by atoms with Crippen LogP contribution in [-0.4, -0.2) is 43.9 Å². The van der Waals surface area contributed by atoms with E-state index in [0.29, 0.717) is 0 Å². The Morgan fingerprint density at radius 2 is 1.36 bits per heavy atom. The molecule has 0 fully saturated rings. The number of hydrogen-bond acceptors (Lipinski definition) is 2. The van der Waals surface area contributed by atoms with E-state index in [2.05, 4.69) is 26.7 Å². The van der Waals surface area contributed by atoms with E-state index in [4.69, 9.17) is 14.2 Å². The molecule has 14 heavy (non-hydrogen) atoms. The van der Waals surface area contributed by atoms with Crippen molar-refractivity contribution in [3.63, 3.8) is 0 Å². The normalized spacial score (nSPS) is 11.2. The zero-order chi connectivity index (χ0) is 11.9. The van der Waals surface area contributed by atoms with E-state index in [1.54, 1.807) is 0 Å². The lowest BCUT2D eigenvalue weighted by molar-refractivity contribution is -0.192. The molecule has 0 spiro atoms. The van der Waals surface area contributed by atoms with E-state index >= 15 is 0 Å². The van der Waals surface area contributed by atoms with E-state index in [1.165, 1.54) is 0 Å². The zero-order valence-corrected chi connectivity index (χ0v) is 10.1. The molecule has 0 aromatic rings. The topological polar surface area (TPSA) is 46.5 Å². The third-order valence-corrected chi connectivity index (χ3v) is 3.18. The molecule has 0 saturated carbocycles. The van der Waals surface area contributed by atoms with Crippen LogP contribution in [-0.2, 0) is 9.11 Å². The highest BCUT2D eigenvalue weighted by molar-refractivity contribution is 7.64. The molecule has 0 saturated heterocycles. The Bertz CT molecular complexity index is 164. The van der Waals surface area contributed by atoms with Crippen molar-refractivity contribution in [2.75, 3.05) is 26.7 Å². The molecule has 0 aromatic carbocycles. The first kappa shape index (κ1) is 16.5. The van der Waals surface area contributed by atoms with Gasteiger partial charge in [0.1, 0.15) is 0 Å². The second-order valence-electron chi connectivity index (χ2n) is 2.51. The van der Waals surface area contributed by atoms with Gasteiger partial charge >= 0.3 is 12.1 Å². The number of carboxylic acid groups (broad SMARTS) is 1. The van der Waals surface area contributed by atoms with Crippen LogP contribution in [0.25, 0.3) is 0 Å². The minimum absolute atomic E-state index is 0.111. The molecule has 0 aromatic heterocycles. The molecule has 0 bridgehead atoms. The molecule has 0 amide bonds. The number of carboxylic acids is 1. The van der Waals surface area contributed by atoms with Gasteiger partial charge in [-0.05, 0) is 26.7 Å². The third kappa shape index (κ3) is 14.6. The summed E-state index contributed by atoms with van der Waals surface area (Å²) in [6.07, 6.45) is -5.08. The van der Waals surface area contributed by atoms with Gasteiger partial charge in [0.2, 0.25) is 0 Å². The molecule has 0 heterocycles. The summed E-state index contributed by atoms with van der Waals surface area (Å²) >= 11 is 0. The number of hydrogen-bond donors (Lipinski definition) is 1. The van der Waals surface area contributed by atoms with Gasteiger partial charge in [0.05, 0.1) is 0 Å². The Morgan fingerprint density at radius 3 is 1.36 bits per heavy atom. The lowest BCUT2D eigenvalue weighted by atomic mass is 10.7. The van der Waals surface area contributed by atoms with E-state index in [9.17, 15) is 13.2 Å². The first-order chi connectivity index (χ1) is 6.07. The third-order valence-electron chi connectivity index (χ3n) is 0.569. The van der Waals surface area contributed by atoms with Gasteiger partial charge in [0.25, 0.3) is 0 Å². The molecule has 0 atom stereocenters. The Balaban J connectivity index is 0. The lowest BCUT2D eigenvalue weighted by Crippen LogP contribution is -2.21. The molecule has 0 aliphatic heterocycles. The Morgan fingerprint density at radius 1 is 1.14 bits per heavy atom. The van der Waals surface area contributed by atoms with Crippen LogP contribution < -0.4 is 0 Å². The maximum absolute atomic E-state index is 10.6. The van der Waals surface area contributed by atoms with Gasteiger partial charge in [-0.3, -0.25) is 0 Å². The quantitative estimate of drug-likeness (QED) is 0.768. The number of alkyl halides is 3. The van der Waals surface area contributed by atoms with Gasteiger partial charge in [-0.15, -0.1) is 0 Å². The second kappa shape index (κ2) is 7.38. The van der Waals surface area contributed by atoms with Crippen LogP contribution in [0.2, 0.25) is 0 Å². The standard InChI is InChI=1S/C4H12OP2.C2HF3O2/c1-6(2)5-7(3)4;3-2(4,5)1(6)7/h1-4H3;(H,6,7). The first-order valence-corrected chi connectivity index (χ1v) is 7.71. The summed E-state index contributed by atoms with van der Waals surface area (Å²) in [5.74, 6) is -2.76. The van der Waals surface area contributed by atoms with Crippen LogP contribution in [0.3, 0.4) is 0 Å². The number of halogens is 3. The van der Waals surface area contributed by atoms with Gasteiger partial charge in [0, 0.05) is 16.3 Å². The maximum atomic E-state index is 10.6. The van der Waals surface area contributed by atoms with Crippen molar-refractivity contribution in [1.82, 2.24) is 0 Å². The van der Waals surface area contributed by atoms with Crippen LogP contribution in [0.15, 0.2) is 0 Å². The van der Waals surface area contributed by atoms with E-state index in [-0.39, 0.29) is 16.3 Å². The largest absolute Gasteiger partial charge is 0.490 e. The van der Waals surface area contributed by atoms with Crippen LogP contribution >= 0.6 is 16.3 Å². The zero-order valence-electron chi connectivity index (χ0n) is 8.29. The van der Waals surface area contributed by atoms with Gasteiger partial charge < -0.3 is 9.42 Å². The van der Waals surface area contributed by atoms with Crippen molar-refractivity contribution in [3.05, 3.63) is 0 Å². The maximum Gasteiger partial charge on any atom is 0.490 e. The fourth-order valence-corrected chi connectivity index (χ4v) is 2.94. The summed E-state index contributed by atoms with van der Waals surface area (Å²) in [5.41, 5.74) is 0. The number of aliphatic carboxylic acids is 1. The van der Waals surface area contributed by atoms with Crippen LogP contribution in [0, 0.1) is 0 Å². The molecular weight excluding hydrogens is 239 g/mol. The Kier molecular flexibility index (Phi) is 8.70. The summed E-state index contributed by atoms with van der Waals surface area (Å²) in [6.45, 7) is 8.49. The van der Waals surface area contributed by atoms with E-state index < -0.39 is 12.1 Å². The molecule has 0 unspecified atom stereocenters. The van der Waals surface area contributed by atoms with Crippen LogP contribution in [0.5, 0.6) is 0 Å². The molecule has 0 aliphatic rings. The van der Waals surface area contributed by atoms with Crippen molar-refractivity contribution >= 4 is 22.3 Å². The average molecular weight is 252 g/mol. The predicted molar refractivity (Wildman–Crippen MR) is 52.3 cm³/mol. The molecule has 8 heteroatoms. The van der Waals surface area contributed by atoms with Gasteiger partial charge in [-0.1, -0.05) is 0 Å². The highest BCUT2D eigenvalue weighted by Crippen LogP contribution is 2.43. The SMILES string of the molecule is CP(C)OP(C)C.O=C(O)C(F)(F)F. The van der Waals surface area contributed by atoms with Gasteiger partial charge in [0.15, 0.2) is 0 Å². The second-order valence-corrected chi connectivity index (χ2v) is 6.41.